The molecule has 1 unspecified atom stereocenters. The van der Waals surface area contributed by atoms with E-state index in [9.17, 15) is 18.4 Å². The van der Waals surface area contributed by atoms with Gasteiger partial charge in [-0.25, -0.2) is 18.6 Å². The second kappa shape index (κ2) is 7.97. The molecule has 1 atom stereocenters. The monoisotopic (exact) mass is 402 g/mol. The average molecular weight is 403 g/mol. The number of benzene rings is 1. The first kappa shape index (κ1) is 20.1. The number of hydrogen-bond acceptors (Lipinski definition) is 4. The van der Waals surface area contributed by atoms with E-state index >= 15 is 0 Å². The molecule has 0 bridgehead atoms. The van der Waals surface area contributed by atoms with Crippen LogP contribution in [0.5, 0.6) is 0 Å². The summed E-state index contributed by atoms with van der Waals surface area (Å²) in [6, 6.07) is 3.88. The summed E-state index contributed by atoms with van der Waals surface area (Å²) in [4.78, 5) is 27.3. The number of amides is 1. The van der Waals surface area contributed by atoms with Gasteiger partial charge >= 0.3 is 5.97 Å². The van der Waals surface area contributed by atoms with Crippen LogP contribution >= 0.6 is 23.2 Å². The zero-order valence-corrected chi connectivity index (χ0v) is 15.5. The van der Waals surface area contributed by atoms with Crippen LogP contribution in [0.3, 0.4) is 0 Å². The standard InChI is InChI=1S/C17H14Cl2F2N2O3/c1-7(20)13-10(18)5-4-9(15(13)21)11-6-12(22-8(2)24)14(19)16(23-11)17(25)26-3/h4-7H,1-3H3,(H,22,23,24). The molecule has 0 fully saturated rings. The lowest BCUT2D eigenvalue weighted by Gasteiger charge is -2.14. The van der Waals surface area contributed by atoms with Gasteiger partial charge in [-0.1, -0.05) is 23.2 Å². The van der Waals surface area contributed by atoms with Crippen molar-refractivity contribution >= 4 is 40.8 Å². The highest BCUT2D eigenvalue weighted by atomic mass is 35.5. The normalized spacial score (nSPS) is 11.8. The van der Waals surface area contributed by atoms with Crippen LogP contribution in [0.15, 0.2) is 18.2 Å². The molecule has 1 heterocycles. The van der Waals surface area contributed by atoms with Gasteiger partial charge in [0.25, 0.3) is 0 Å². The Hall–Kier alpha value is -2.25. The molecule has 2 aromatic rings. The zero-order valence-electron chi connectivity index (χ0n) is 14.0. The number of nitrogens with zero attached hydrogens (tertiary/aromatic N) is 1. The molecule has 138 valence electrons. The second-order valence-corrected chi connectivity index (χ2v) is 6.11. The Bertz CT molecular complexity index is 889. The van der Waals surface area contributed by atoms with Crippen LogP contribution < -0.4 is 5.32 Å². The van der Waals surface area contributed by atoms with Crippen LogP contribution in [0.25, 0.3) is 11.3 Å². The first-order chi connectivity index (χ1) is 12.2. The fourth-order valence-corrected chi connectivity index (χ4v) is 2.83. The van der Waals surface area contributed by atoms with Gasteiger partial charge in [-0.05, 0) is 25.1 Å². The van der Waals surface area contributed by atoms with Crippen LogP contribution in [-0.2, 0) is 9.53 Å². The van der Waals surface area contributed by atoms with E-state index in [2.05, 4.69) is 15.0 Å². The average Bonchev–Trinajstić information content (AvgIpc) is 2.55. The van der Waals surface area contributed by atoms with E-state index in [0.717, 1.165) is 14.0 Å². The quantitative estimate of drug-likeness (QED) is 0.732. The Labute approximate surface area is 158 Å². The largest absolute Gasteiger partial charge is 0.464 e. The summed E-state index contributed by atoms with van der Waals surface area (Å²) in [5.74, 6) is -2.27. The molecule has 26 heavy (non-hydrogen) atoms. The van der Waals surface area contributed by atoms with E-state index < -0.39 is 23.9 Å². The lowest BCUT2D eigenvalue weighted by Crippen LogP contribution is -2.12. The highest BCUT2D eigenvalue weighted by molar-refractivity contribution is 6.36. The Morgan fingerprint density at radius 2 is 1.96 bits per heavy atom. The van der Waals surface area contributed by atoms with Crippen LogP contribution in [0.1, 0.15) is 36.1 Å². The Balaban J connectivity index is 2.76. The molecule has 0 saturated carbocycles. The number of nitrogens with one attached hydrogen (secondary N) is 1. The highest BCUT2D eigenvalue weighted by Gasteiger charge is 2.23. The molecule has 0 saturated heterocycles. The van der Waals surface area contributed by atoms with E-state index in [-0.39, 0.29) is 38.2 Å². The molecule has 0 spiro atoms. The minimum Gasteiger partial charge on any atom is -0.464 e. The molecule has 0 aliphatic carbocycles. The topological polar surface area (TPSA) is 68.3 Å². The summed E-state index contributed by atoms with van der Waals surface area (Å²) >= 11 is 11.9. The van der Waals surface area contributed by atoms with Gasteiger partial charge in [0.2, 0.25) is 5.91 Å². The minimum absolute atomic E-state index is 0.0359. The van der Waals surface area contributed by atoms with Gasteiger partial charge in [0, 0.05) is 23.1 Å². The van der Waals surface area contributed by atoms with E-state index in [1.807, 2.05) is 0 Å². The van der Waals surface area contributed by atoms with Crippen molar-refractivity contribution in [1.29, 1.82) is 0 Å². The van der Waals surface area contributed by atoms with E-state index in [0.29, 0.717) is 0 Å². The number of halogens is 4. The van der Waals surface area contributed by atoms with Crippen molar-refractivity contribution < 1.29 is 23.1 Å². The number of aromatic nitrogens is 1. The van der Waals surface area contributed by atoms with Crippen LogP contribution in [0.2, 0.25) is 10.0 Å². The molecule has 9 heteroatoms. The number of ether oxygens (including phenoxy) is 1. The third-order valence-electron chi connectivity index (χ3n) is 3.45. The van der Waals surface area contributed by atoms with Gasteiger partial charge in [-0.3, -0.25) is 4.79 Å². The van der Waals surface area contributed by atoms with Crippen LogP contribution in [0, 0.1) is 5.82 Å². The number of anilines is 1. The van der Waals surface area contributed by atoms with Crippen molar-refractivity contribution in [1.82, 2.24) is 4.98 Å². The molecule has 1 amide bonds. The summed E-state index contributed by atoms with van der Waals surface area (Å²) in [6.45, 7) is 2.38. The maximum Gasteiger partial charge on any atom is 0.358 e. The smallest absolute Gasteiger partial charge is 0.358 e. The third-order valence-corrected chi connectivity index (χ3v) is 4.16. The molecular formula is C17H14Cl2F2N2O3. The molecule has 0 aliphatic heterocycles. The maximum atomic E-state index is 14.8. The van der Waals surface area contributed by atoms with Gasteiger partial charge in [-0.15, -0.1) is 0 Å². The second-order valence-electron chi connectivity index (χ2n) is 5.33. The first-order valence-electron chi connectivity index (χ1n) is 7.36. The van der Waals surface area contributed by atoms with Crippen molar-refractivity contribution in [3.05, 3.63) is 45.3 Å². The molecule has 5 nitrogen and oxygen atoms in total. The highest BCUT2D eigenvalue weighted by Crippen LogP contribution is 2.36. The number of carbonyl (C=O) groups excluding carboxylic acids is 2. The lowest BCUT2D eigenvalue weighted by atomic mass is 10.0. The summed E-state index contributed by atoms with van der Waals surface area (Å²) in [7, 11) is 1.12. The molecule has 2 rings (SSSR count). The molecule has 1 N–H and O–H groups in total. The number of carbonyl (C=O) groups is 2. The fourth-order valence-electron chi connectivity index (χ4n) is 2.31. The van der Waals surface area contributed by atoms with Crippen molar-refractivity contribution in [2.45, 2.75) is 20.0 Å². The van der Waals surface area contributed by atoms with E-state index in [1.165, 1.54) is 25.1 Å². The predicted molar refractivity (Wildman–Crippen MR) is 94.8 cm³/mol. The summed E-state index contributed by atoms with van der Waals surface area (Å²) in [6.07, 6.45) is -1.66. The summed E-state index contributed by atoms with van der Waals surface area (Å²) < 4.78 is 33.1. The van der Waals surface area contributed by atoms with Crippen LogP contribution in [-0.4, -0.2) is 24.0 Å². The Morgan fingerprint density at radius 3 is 2.50 bits per heavy atom. The SMILES string of the molecule is COC(=O)c1nc(-c2ccc(Cl)c(C(C)F)c2F)cc(NC(C)=O)c1Cl. The van der Waals surface area contributed by atoms with Gasteiger partial charge in [0.05, 0.1) is 23.5 Å². The summed E-state index contributed by atoms with van der Waals surface area (Å²) in [5, 5.41) is 2.19. The van der Waals surface area contributed by atoms with Gasteiger partial charge < -0.3 is 10.1 Å². The molecule has 0 radical (unpaired) electrons. The number of esters is 1. The van der Waals surface area contributed by atoms with Crippen molar-refractivity contribution in [3.8, 4) is 11.3 Å². The van der Waals surface area contributed by atoms with Gasteiger partial charge in [-0.2, -0.15) is 0 Å². The molecule has 1 aromatic carbocycles. The van der Waals surface area contributed by atoms with Crippen molar-refractivity contribution in [2.75, 3.05) is 12.4 Å². The maximum absolute atomic E-state index is 14.8. The van der Waals surface area contributed by atoms with Crippen molar-refractivity contribution in [3.63, 3.8) is 0 Å². The lowest BCUT2D eigenvalue weighted by molar-refractivity contribution is -0.114. The van der Waals surface area contributed by atoms with E-state index in [1.54, 1.807) is 0 Å². The fraction of sp³-hybridized carbons (Fsp3) is 0.235. The summed E-state index contributed by atoms with van der Waals surface area (Å²) in [5.41, 5.74) is -0.771. The number of methoxy groups -OCH3 is 1. The number of alkyl halides is 1. The minimum atomic E-state index is -1.66. The molecule has 0 aliphatic rings. The zero-order chi connectivity index (χ0) is 19.6. The van der Waals surface area contributed by atoms with Gasteiger partial charge in [0.15, 0.2) is 5.69 Å². The number of hydrogen-bond donors (Lipinski definition) is 1. The van der Waals surface area contributed by atoms with E-state index in [4.69, 9.17) is 23.2 Å². The van der Waals surface area contributed by atoms with Crippen LogP contribution in [0.4, 0.5) is 14.5 Å². The Morgan fingerprint density at radius 1 is 1.31 bits per heavy atom. The number of rotatable bonds is 4. The Kier molecular flexibility index (Phi) is 6.15. The van der Waals surface area contributed by atoms with Gasteiger partial charge in [0.1, 0.15) is 12.0 Å². The first-order valence-corrected chi connectivity index (χ1v) is 8.11. The predicted octanol–water partition coefficient (Wildman–Crippen LogP) is 4.97. The number of pyridine rings is 1. The molecular weight excluding hydrogens is 389 g/mol. The van der Waals surface area contributed by atoms with Crippen molar-refractivity contribution in [2.24, 2.45) is 0 Å². The molecule has 1 aromatic heterocycles. The third kappa shape index (κ3) is 3.94.